The van der Waals surface area contributed by atoms with Crippen LogP contribution in [-0.4, -0.2) is 82.1 Å². The molecule has 4 atom stereocenters. The first-order valence-corrected chi connectivity index (χ1v) is 11.4. The molecule has 0 radical (unpaired) electrons. The van der Waals surface area contributed by atoms with Crippen LogP contribution >= 0.6 is 0 Å². The number of nitrogens with one attached hydrogen (secondary N) is 3. The standard InChI is InChI=1S/C25H31N3O9/c1-14(29)23(28-24(35)16-5-9-18(37-2)10-6-16)25(36)26-13-21(32)27-19(20(31)12-22(33)34)11-15-3-7-17(30)8-4-15/h3-10,14,19-20,23,29-31H,11-13H2,1-2H3,(H,26,36)(H,27,32)(H,28,35)(H,33,34)/t14-,19+,20+,23-/m1/s1. The summed E-state index contributed by atoms with van der Waals surface area (Å²) in [7, 11) is 1.47. The molecular formula is C25H31N3O9. The molecule has 0 aliphatic rings. The van der Waals surface area contributed by atoms with E-state index < -0.39 is 60.9 Å². The molecule has 0 heterocycles. The lowest BCUT2D eigenvalue weighted by atomic mass is 9.99. The molecule has 37 heavy (non-hydrogen) atoms. The molecule has 2 rings (SSSR count). The smallest absolute Gasteiger partial charge is 0.306 e. The first-order chi connectivity index (χ1) is 17.5. The van der Waals surface area contributed by atoms with Gasteiger partial charge in [0, 0.05) is 5.56 Å². The Bertz CT molecular complexity index is 1070. The Hall–Kier alpha value is -4.16. The maximum absolute atomic E-state index is 12.6. The predicted octanol–water partition coefficient (Wildman–Crippen LogP) is -0.441. The van der Waals surface area contributed by atoms with E-state index in [-0.39, 0.29) is 17.7 Å². The number of hydrogen-bond acceptors (Lipinski definition) is 8. The summed E-state index contributed by atoms with van der Waals surface area (Å²) in [5.41, 5.74) is 0.841. The molecule has 3 amide bonds. The number of rotatable bonds is 13. The lowest BCUT2D eigenvalue weighted by Gasteiger charge is -2.24. The zero-order valence-electron chi connectivity index (χ0n) is 20.4. The lowest BCUT2D eigenvalue weighted by Crippen LogP contribution is -2.55. The molecule has 200 valence electrons. The lowest BCUT2D eigenvalue weighted by molar-refractivity contribution is -0.140. The van der Waals surface area contributed by atoms with Gasteiger partial charge in [-0.2, -0.15) is 0 Å². The molecule has 0 aliphatic carbocycles. The van der Waals surface area contributed by atoms with Crippen LogP contribution in [0.1, 0.15) is 29.3 Å². The number of ether oxygens (including phenoxy) is 1. The zero-order valence-corrected chi connectivity index (χ0v) is 20.4. The van der Waals surface area contributed by atoms with Gasteiger partial charge in [0.15, 0.2) is 0 Å². The number of carbonyl (C=O) groups excluding carboxylic acids is 3. The molecule has 12 heteroatoms. The summed E-state index contributed by atoms with van der Waals surface area (Å²) >= 11 is 0. The zero-order chi connectivity index (χ0) is 27.5. The van der Waals surface area contributed by atoms with Crippen molar-refractivity contribution < 1.29 is 44.3 Å². The fourth-order valence-electron chi connectivity index (χ4n) is 3.40. The van der Waals surface area contributed by atoms with Crippen LogP contribution in [0.25, 0.3) is 0 Å². The summed E-state index contributed by atoms with van der Waals surface area (Å²) in [5.74, 6) is -2.90. The van der Waals surface area contributed by atoms with Gasteiger partial charge < -0.3 is 41.1 Å². The molecule has 2 aromatic carbocycles. The van der Waals surface area contributed by atoms with Crippen molar-refractivity contribution in [2.45, 2.75) is 44.1 Å². The number of carboxylic acids is 1. The van der Waals surface area contributed by atoms with Gasteiger partial charge in [0.2, 0.25) is 11.8 Å². The van der Waals surface area contributed by atoms with Crippen molar-refractivity contribution >= 4 is 23.7 Å². The quantitative estimate of drug-likeness (QED) is 0.184. The molecule has 0 bridgehead atoms. The number of aromatic hydroxyl groups is 1. The summed E-state index contributed by atoms with van der Waals surface area (Å²) in [6.45, 7) is 0.737. The molecule has 7 N–H and O–H groups in total. The Labute approximate surface area is 213 Å². The number of aliphatic hydroxyl groups excluding tert-OH is 2. The van der Waals surface area contributed by atoms with Gasteiger partial charge in [-0.25, -0.2) is 0 Å². The van der Waals surface area contributed by atoms with E-state index in [0.29, 0.717) is 11.3 Å². The Morgan fingerprint density at radius 3 is 2.11 bits per heavy atom. The topological polar surface area (TPSA) is 195 Å². The van der Waals surface area contributed by atoms with E-state index in [1.54, 1.807) is 24.3 Å². The second-order valence-corrected chi connectivity index (χ2v) is 8.35. The Morgan fingerprint density at radius 1 is 0.946 bits per heavy atom. The fourth-order valence-corrected chi connectivity index (χ4v) is 3.40. The van der Waals surface area contributed by atoms with Crippen LogP contribution in [0, 0.1) is 0 Å². The minimum atomic E-state index is -1.43. The van der Waals surface area contributed by atoms with Crippen molar-refractivity contribution in [3.63, 3.8) is 0 Å². The van der Waals surface area contributed by atoms with Gasteiger partial charge in [-0.1, -0.05) is 12.1 Å². The highest BCUT2D eigenvalue weighted by Gasteiger charge is 2.28. The van der Waals surface area contributed by atoms with Gasteiger partial charge >= 0.3 is 5.97 Å². The summed E-state index contributed by atoms with van der Waals surface area (Å²) in [4.78, 5) is 48.6. The van der Waals surface area contributed by atoms with Crippen molar-refractivity contribution in [1.29, 1.82) is 0 Å². The molecule has 0 saturated carbocycles. The number of aliphatic carboxylic acids is 1. The van der Waals surface area contributed by atoms with Gasteiger partial charge in [0.05, 0.1) is 38.3 Å². The Morgan fingerprint density at radius 2 is 1.57 bits per heavy atom. The number of phenolic OH excluding ortho intramolecular Hbond substituents is 1. The van der Waals surface area contributed by atoms with E-state index in [9.17, 15) is 34.5 Å². The van der Waals surface area contributed by atoms with E-state index in [1.165, 1.54) is 38.3 Å². The van der Waals surface area contributed by atoms with Crippen LogP contribution in [0.2, 0.25) is 0 Å². The van der Waals surface area contributed by atoms with E-state index >= 15 is 0 Å². The molecular weight excluding hydrogens is 486 g/mol. The van der Waals surface area contributed by atoms with Crippen LogP contribution in [0.15, 0.2) is 48.5 Å². The van der Waals surface area contributed by atoms with Crippen molar-refractivity contribution in [3.05, 3.63) is 59.7 Å². The fraction of sp³-hybridized carbons (Fsp3) is 0.360. The highest BCUT2D eigenvalue weighted by atomic mass is 16.5. The summed E-state index contributed by atoms with van der Waals surface area (Å²) < 4.78 is 5.03. The molecule has 0 saturated heterocycles. The van der Waals surface area contributed by atoms with E-state index in [0.717, 1.165) is 0 Å². The second-order valence-electron chi connectivity index (χ2n) is 8.35. The Kier molecular flexibility index (Phi) is 10.8. The third kappa shape index (κ3) is 9.43. The van der Waals surface area contributed by atoms with Gasteiger partial charge in [-0.15, -0.1) is 0 Å². The summed E-state index contributed by atoms with van der Waals surface area (Å²) in [6, 6.07) is 9.65. The van der Waals surface area contributed by atoms with E-state index in [2.05, 4.69) is 16.0 Å². The SMILES string of the molecule is COc1ccc(C(=O)N[C@@H](C(=O)NCC(=O)N[C@@H](Cc2ccc(O)cc2)[C@@H](O)CC(=O)O)[C@@H](C)O)cc1. The summed E-state index contributed by atoms with van der Waals surface area (Å²) in [6.07, 6.45) is -3.29. The number of benzene rings is 2. The predicted molar refractivity (Wildman–Crippen MR) is 131 cm³/mol. The first kappa shape index (κ1) is 29.1. The Balaban J connectivity index is 1.99. The average Bonchev–Trinajstić information content (AvgIpc) is 2.86. The van der Waals surface area contributed by atoms with Crippen LogP contribution in [-0.2, 0) is 20.8 Å². The molecule has 0 fully saturated rings. The molecule has 12 nitrogen and oxygen atoms in total. The number of phenols is 1. The molecule has 0 unspecified atom stereocenters. The monoisotopic (exact) mass is 517 g/mol. The maximum atomic E-state index is 12.6. The molecule has 0 aromatic heterocycles. The van der Waals surface area contributed by atoms with E-state index in [1.807, 2.05) is 0 Å². The molecule has 2 aromatic rings. The van der Waals surface area contributed by atoms with Crippen molar-refractivity contribution in [3.8, 4) is 11.5 Å². The van der Waals surface area contributed by atoms with Crippen LogP contribution in [0.4, 0.5) is 0 Å². The van der Waals surface area contributed by atoms with Crippen molar-refractivity contribution in [2.24, 2.45) is 0 Å². The van der Waals surface area contributed by atoms with Crippen molar-refractivity contribution in [2.75, 3.05) is 13.7 Å². The van der Waals surface area contributed by atoms with Crippen LogP contribution in [0.5, 0.6) is 11.5 Å². The third-order valence-electron chi connectivity index (χ3n) is 5.41. The van der Waals surface area contributed by atoms with Gasteiger partial charge in [0.25, 0.3) is 5.91 Å². The second kappa shape index (κ2) is 13.8. The largest absolute Gasteiger partial charge is 0.508 e. The number of methoxy groups -OCH3 is 1. The van der Waals surface area contributed by atoms with Crippen LogP contribution < -0.4 is 20.7 Å². The van der Waals surface area contributed by atoms with Gasteiger partial charge in [-0.3, -0.25) is 19.2 Å². The normalized spacial score (nSPS) is 13.9. The summed E-state index contributed by atoms with van der Waals surface area (Å²) in [5, 5.41) is 46.0. The highest BCUT2D eigenvalue weighted by molar-refractivity contribution is 5.98. The van der Waals surface area contributed by atoms with E-state index in [4.69, 9.17) is 9.84 Å². The molecule has 0 spiro atoms. The number of aliphatic hydroxyl groups is 2. The number of hydrogen-bond donors (Lipinski definition) is 7. The third-order valence-corrected chi connectivity index (χ3v) is 5.41. The number of amides is 3. The van der Waals surface area contributed by atoms with Crippen molar-refractivity contribution in [1.82, 2.24) is 16.0 Å². The van der Waals surface area contributed by atoms with Gasteiger partial charge in [-0.05, 0) is 55.3 Å². The van der Waals surface area contributed by atoms with Gasteiger partial charge in [0.1, 0.15) is 17.5 Å². The number of carbonyl (C=O) groups is 4. The maximum Gasteiger partial charge on any atom is 0.306 e. The number of carboxylic acid groups (broad SMARTS) is 1. The van der Waals surface area contributed by atoms with Crippen LogP contribution in [0.3, 0.4) is 0 Å². The first-order valence-electron chi connectivity index (χ1n) is 11.4. The minimum absolute atomic E-state index is 0.0184. The highest BCUT2D eigenvalue weighted by Crippen LogP contribution is 2.14. The molecule has 0 aliphatic heterocycles. The average molecular weight is 518 g/mol. The minimum Gasteiger partial charge on any atom is -0.508 e.